The second kappa shape index (κ2) is 5.03. The fourth-order valence-corrected chi connectivity index (χ4v) is 1.55. The summed E-state index contributed by atoms with van der Waals surface area (Å²) in [6.07, 6.45) is 5.01. The number of pyridine rings is 1. The topological polar surface area (TPSA) is 68.7 Å². The molecular formula is C12H15NO4. The zero-order valence-electron chi connectivity index (χ0n) is 9.68. The number of carboxylic acids is 1. The van der Waals surface area contributed by atoms with Crippen LogP contribution in [0.3, 0.4) is 0 Å². The lowest BCUT2D eigenvalue weighted by molar-refractivity contribution is 0.0690. The molecule has 0 atom stereocenters. The van der Waals surface area contributed by atoms with Crippen LogP contribution in [0.25, 0.3) is 0 Å². The van der Waals surface area contributed by atoms with Gasteiger partial charge in [-0.15, -0.1) is 0 Å². The zero-order valence-corrected chi connectivity index (χ0v) is 9.68. The van der Waals surface area contributed by atoms with E-state index in [0.717, 1.165) is 12.3 Å². The van der Waals surface area contributed by atoms with Crippen LogP contribution in [0, 0.1) is 5.92 Å². The van der Waals surface area contributed by atoms with Gasteiger partial charge in [0.2, 0.25) is 0 Å². The molecule has 5 nitrogen and oxygen atoms in total. The Labute approximate surface area is 99.4 Å². The molecule has 0 spiro atoms. The maximum atomic E-state index is 10.7. The van der Waals surface area contributed by atoms with Crippen LogP contribution in [0.1, 0.15) is 29.8 Å². The monoisotopic (exact) mass is 237 g/mol. The molecule has 0 bridgehead atoms. The van der Waals surface area contributed by atoms with Crippen LogP contribution in [-0.4, -0.2) is 29.8 Å². The van der Waals surface area contributed by atoms with Crippen molar-refractivity contribution in [1.82, 2.24) is 4.98 Å². The van der Waals surface area contributed by atoms with E-state index in [-0.39, 0.29) is 5.69 Å². The molecule has 0 unspecified atom stereocenters. The molecule has 1 heterocycles. The highest BCUT2D eigenvalue weighted by Crippen LogP contribution is 2.33. The number of hydrogen-bond acceptors (Lipinski definition) is 4. The number of nitrogens with zero attached hydrogens (tertiary/aromatic N) is 1. The van der Waals surface area contributed by atoms with Gasteiger partial charge < -0.3 is 14.6 Å². The average molecular weight is 237 g/mol. The van der Waals surface area contributed by atoms with Gasteiger partial charge in [0.1, 0.15) is 0 Å². The summed E-state index contributed by atoms with van der Waals surface area (Å²) >= 11 is 0. The summed E-state index contributed by atoms with van der Waals surface area (Å²) in [4.78, 5) is 14.5. The third-order valence-corrected chi connectivity index (χ3v) is 2.75. The first-order valence-electron chi connectivity index (χ1n) is 5.61. The quantitative estimate of drug-likeness (QED) is 0.819. The number of carbonyl (C=O) groups is 1. The van der Waals surface area contributed by atoms with Crippen LogP contribution >= 0.6 is 0 Å². The van der Waals surface area contributed by atoms with Crippen LogP contribution in [-0.2, 0) is 0 Å². The van der Waals surface area contributed by atoms with Gasteiger partial charge in [0.15, 0.2) is 17.2 Å². The highest BCUT2D eigenvalue weighted by molar-refractivity contribution is 5.86. The average Bonchev–Trinajstić information content (AvgIpc) is 3.13. The summed E-state index contributed by atoms with van der Waals surface area (Å²) in [6, 6.07) is 1.37. The molecular weight excluding hydrogens is 222 g/mol. The molecule has 1 aliphatic carbocycles. The molecule has 1 fully saturated rings. The molecule has 1 saturated carbocycles. The van der Waals surface area contributed by atoms with Gasteiger partial charge in [-0.2, -0.15) is 0 Å². The number of carboxylic acid groups (broad SMARTS) is 1. The van der Waals surface area contributed by atoms with Crippen LogP contribution in [0.2, 0.25) is 0 Å². The van der Waals surface area contributed by atoms with Crippen molar-refractivity contribution in [3.8, 4) is 11.5 Å². The SMILES string of the molecule is COc1cc(C(=O)O)ncc1OCCC1CC1. The number of aromatic carboxylic acids is 1. The minimum absolute atomic E-state index is 0.0450. The summed E-state index contributed by atoms with van der Waals surface area (Å²) in [6.45, 7) is 0.620. The lowest BCUT2D eigenvalue weighted by atomic mass is 10.3. The molecule has 1 N–H and O–H groups in total. The lowest BCUT2D eigenvalue weighted by Gasteiger charge is -2.10. The van der Waals surface area contributed by atoms with Crippen LogP contribution in [0.4, 0.5) is 0 Å². The Morgan fingerprint density at radius 1 is 1.53 bits per heavy atom. The van der Waals surface area contributed by atoms with Crippen molar-refractivity contribution in [3.63, 3.8) is 0 Å². The highest BCUT2D eigenvalue weighted by Gasteiger charge is 2.21. The van der Waals surface area contributed by atoms with Crippen molar-refractivity contribution < 1.29 is 19.4 Å². The van der Waals surface area contributed by atoms with Crippen molar-refractivity contribution in [3.05, 3.63) is 18.0 Å². The standard InChI is InChI=1S/C12H15NO4/c1-16-10-6-9(12(14)15)13-7-11(10)17-5-4-8-2-3-8/h6-8H,2-5H2,1H3,(H,14,15). The Morgan fingerprint density at radius 3 is 2.88 bits per heavy atom. The van der Waals surface area contributed by atoms with Gasteiger partial charge in [-0.1, -0.05) is 12.8 Å². The smallest absolute Gasteiger partial charge is 0.354 e. The van der Waals surface area contributed by atoms with Crippen molar-refractivity contribution in [2.24, 2.45) is 5.92 Å². The number of hydrogen-bond donors (Lipinski definition) is 1. The molecule has 0 amide bonds. The largest absolute Gasteiger partial charge is 0.493 e. The molecule has 2 rings (SSSR count). The minimum atomic E-state index is -1.08. The van der Waals surface area contributed by atoms with Gasteiger partial charge in [-0.25, -0.2) is 9.78 Å². The van der Waals surface area contributed by atoms with Crippen LogP contribution in [0.15, 0.2) is 12.3 Å². The van der Waals surface area contributed by atoms with Crippen LogP contribution < -0.4 is 9.47 Å². The predicted octanol–water partition coefficient (Wildman–Crippen LogP) is 1.97. The van der Waals surface area contributed by atoms with Crippen molar-refractivity contribution in [2.75, 3.05) is 13.7 Å². The number of ether oxygens (including phenoxy) is 2. The predicted molar refractivity (Wildman–Crippen MR) is 60.6 cm³/mol. The van der Waals surface area contributed by atoms with Crippen molar-refractivity contribution in [1.29, 1.82) is 0 Å². The van der Waals surface area contributed by atoms with Gasteiger partial charge in [0, 0.05) is 6.07 Å². The first kappa shape index (κ1) is 11.7. The van der Waals surface area contributed by atoms with Gasteiger partial charge in [0.05, 0.1) is 19.9 Å². The van der Waals surface area contributed by atoms with E-state index >= 15 is 0 Å². The third-order valence-electron chi connectivity index (χ3n) is 2.75. The Bertz CT molecular complexity index is 415. The zero-order chi connectivity index (χ0) is 12.3. The van der Waals surface area contributed by atoms with E-state index in [1.54, 1.807) is 0 Å². The lowest BCUT2D eigenvalue weighted by Crippen LogP contribution is -2.04. The minimum Gasteiger partial charge on any atom is -0.493 e. The second-order valence-corrected chi connectivity index (χ2v) is 4.11. The number of methoxy groups -OCH3 is 1. The summed E-state index contributed by atoms with van der Waals surface area (Å²) in [5.41, 5.74) is -0.0450. The van der Waals surface area contributed by atoms with Crippen molar-refractivity contribution >= 4 is 5.97 Å². The normalized spacial score (nSPS) is 14.4. The maximum Gasteiger partial charge on any atom is 0.354 e. The summed E-state index contributed by atoms with van der Waals surface area (Å²) in [5, 5.41) is 8.79. The van der Waals surface area contributed by atoms with E-state index in [1.807, 2.05) is 0 Å². The molecule has 92 valence electrons. The second-order valence-electron chi connectivity index (χ2n) is 4.11. The molecule has 0 radical (unpaired) electrons. The van der Waals surface area contributed by atoms with E-state index in [9.17, 15) is 4.79 Å². The molecule has 0 aromatic carbocycles. The Balaban J connectivity index is 2.01. The third kappa shape index (κ3) is 3.09. The van der Waals surface area contributed by atoms with Gasteiger partial charge >= 0.3 is 5.97 Å². The molecule has 1 aliphatic rings. The van der Waals surface area contributed by atoms with Gasteiger partial charge in [0.25, 0.3) is 0 Å². The van der Waals surface area contributed by atoms with E-state index in [0.29, 0.717) is 18.1 Å². The fraction of sp³-hybridized carbons (Fsp3) is 0.500. The summed E-state index contributed by atoms with van der Waals surface area (Å²) < 4.78 is 10.6. The first-order chi connectivity index (χ1) is 8.20. The molecule has 5 heteroatoms. The highest BCUT2D eigenvalue weighted by atomic mass is 16.5. The summed E-state index contributed by atoms with van der Waals surface area (Å²) in [5.74, 6) is 0.631. The van der Waals surface area contributed by atoms with E-state index in [2.05, 4.69) is 4.98 Å². The maximum absolute atomic E-state index is 10.7. The van der Waals surface area contributed by atoms with Gasteiger partial charge in [-0.3, -0.25) is 0 Å². The molecule has 1 aromatic rings. The summed E-state index contributed by atoms with van der Waals surface area (Å²) in [7, 11) is 1.48. The molecule has 17 heavy (non-hydrogen) atoms. The first-order valence-corrected chi connectivity index (χ1v) is 5.61. The molecule has 1 aromatic heterocycles. The van der Waals surface area contributed by atoms with Gasteiger partial charge in [-0.05, 0) is 12.3 Å². The van der Waals surface area contributed by atoms with E-state index in [1.165, 1.54) is 32.2 Å². The van der Waals surface area contributed by atoms with Crippen LogP contribution in [0.5, 0.6) is 11.5 Å². The van der Waals surface area contributed by atoms with E-state index < -0.39 is 5.97 Å². The fourth-order valence-electron chi connectivity index (χ4n) is 1.55. The van der Waals surface area contributed by atoms with E-state index in [4.69, 9.17) is 14.6 Å². The molecule has 0 aliphatic heterocycles. The number of rotatable bonds is 6. The molecule has 0 saturated heterocycles. The Morgan fingerprint density at radius 2 is 2.29 bits per heavy atom. The Hall–Kier alpha value is -1.78. The van der Waals surface area contributed by atoms with Crippen molar-refractivity contribution in [2.45, 2.75) is 19.3 Å². The number of aromatic nitrogens is 1. The Kier molecular flexibility index (Phi) is 3.46.